The highest BCUT2D eigenvalue weighted by Crippen LogP contribution is 2.29. The van der Waals surface area contributed by atoms with Crippen LogP contribution in [0, 0.1) is 0 Å². The van der Waals surface area contributed by atoms with Crippen LogP contribution in [0.5, 0.6) is 0 Å². The smallest absolute Gasteiger partial charge is 0.264 e. The second-order valence-electron chi connectivity index (χ2n) is 6.53. The Labute approximate surface area is 169 Å². The minimum absolute atomic E-state index is 0.253. The summed E-state index contributed by atoms with van der Waals surface area (Å²) in [7, 11) is -3.48. The highest BCUT2D eigenvalue weighted by molar-refractivity contribution is 7.94. The maximum absolute atomic E-state index is 13.0. The third-order valence-corrected chi connectivity index (χ3v) is 6.66. The number of hydrogen-bond acceptors (Lipinski definition) is 6. The van der Waals surface area contributed by atoms with Crippen molar-refractivity contribution in [2.75, 3.05) is 11.1 Å². The molecule has 0 saturated heterocycles. The Balaban J connectivity index is 1.96. The van der Waals surface area contributed by atoms with Crippen LogP contribution in [-0.2, 0) is 9.84 Å². The number of primary amides is 1. The van der Waals surface area contributed by atoms with Crippen LogP contribution < -0.4 is 16.6 Å². The average molecular weight is 429 g/mol. The summed E-state index contributed by atoms with van der Waals surface area (Å²) in [5.41, 5.74) is 5.48. The Morgan fingerprint density at radius 2 is 2.03 bits per heavy atom. The summed E-state index contributed by atoms with van der Waals surface area (Å²) in [5, 5.41) is 7.73. The normalized spacial score (nSPS) is 17.4. The van der Waals surface area contributed by atoms with Gasteiger partial charge in [-0.15, -0.1) is 0 Å². The molecule has 1 aliphatic heterocycles. The van der Waals surface area contributed by atoms with E-state index in [1.807, 2.05) is 0 Å². The highest BCUT2D eigenvalue weighted by atomic mass is 32.2. The molecule has 29 heavy (non-hydrogen) atoms. The molecule has 2 aromatic heterocycles. The number of amides is 2. The largest absolute Gasteiger partial charge is 0.365 e. The molecule has 0 bridgehead atoms. The first-order valence-corrected chi connectivity index (χ1v) is 11.2. The molecule has 148 valence electrons. The van der Waals surface area contributed by atoms with Crippen LogP contribution in [0.25, 0.3) is 10.9 Å². The van der Waals surface area contributed by atoms with Gasteiger partial charge in [0.2, 0.25) is 0 Å². The molecule has 0 aliphatic carbocycles. The van der Waals surface area contributed by atoms with E-state index in [4.69, 9.17) is 5.73 Å². The lowest BCUT2D eigenvalue weighted by atomic mass is 10.1. The number of pyridine rings is 1. The number of benzene rings is 1. The highest BCUT2D eigenvalue weighted by Gasteiger charge is 2.28. The summed E-state index contributed by atoms with van der Waals surface area (Å²) in [6, 6.07) is 7.12. The first-order valence-electron chi connectivity index (χ1n) is 8.49. The van der Waals surface area contributed by atoms with Gasteiger partial charge in [0.1, 0.15) is 5.56 Å². The molecule has 8 nitrogen and oxygen atoms in total. The third kappa shape index (κ3) is 3.47. The van der Waals surface area contributed by atoms with Gasteiger partial charge in [-0.1, -0.05) is 12.1 Å². The number of anilines is 1. The molecule has 3 N–H and O–H groups in total. The predicted molar refractivity (Wildman–Crippen MR) is 111 cm³/mol. The van der Waals surface area contributed by atoms with Crippen molar-refractivity contribution in [3.8, 4) is 0 Å². The lowest BCUT2D eigenvalue weighted by Crippen LogP contribution is -2.33. The Kier molecular flexibility index (Phi) is 4.59. The molecule has 1 aromatic carbocycles. The van der Waals surface area contributed by atoms with Crippen molar-refractivity contribution in [1.82, 2.24) is 4.57 Å². The van der Waals surface area contributed by atoms with Gasteiger partial charge in [-0.25, -0.2) is 8.42 Å². The Morgan fingerprint density at radius 3 is 2.66 bits per heavy atom. The number of nitrogens with two attached hydrogens (primary N) is 1. The molecule has 0 fully saturated rings. The monoisotopic (exact) mass is 429 g/mol. The number of carbonyl (C=O) groups is 2. The zero-order valence-electron chi connectivity index (χ0n) is 14.9. The number of hydrogen-bond donors (Lipinski definition) is 2. The lowest BCUT2D eigenvalue weighted by Gasteiger charge is -2.19. The predicted octanol–water partition coefficient (Wildman–Crippen LogP) is 1.90. The summed E-state index contributed by atoms with van der Waals surface area (Å²) in [4.78, 5) is 37.3. The molecule has 0 unspecified atom stereocenters. The van der Waals surface area contributed by atoms with Crippen LogP contribution >= 0.6 is 11.3 Å². The maximum atomic E-state index is 13.0. The number of nitrogens with zero attached hydrogens (tertiary/aromatic N) is 1. The standard InChI is InChI=1S/C19H15N3O5S2/c20-17(23)14-8-11-2-1-3-15(21-18(24)12-4-6-28-9-12)16(11)22(19(14)25)13-5-7-29(26,27)10-13/h1-9,13H,10H2,(H2,20,23)(H,21,24)/t13-/m1/s1. The van der Waals surface area contributed by atoms with Gasteiger partial charge in [0.15, 0.2) is 9.84 Å². The summed E-state index contributed by atoms with van der Waals surface area (Å²) in [5.74, 6) is -1.61. The van der Waals surface area contributed by atoms with Crippen LogP contribution in [0.3, 0.4) is 0 Å². The number of allylic oxidation sites excluding steroid dienone is 1. The van der Waals surface area contributed by atoms with E-state index < -0.39 is 27.3 Å². The molecule has 0 spiro atoms. The number of nitrogens with one attached hydrogen (secondary N) is 1. The number of carbonyl (C=O) groups excluding carboxylic acids is 2. The minimum atomic E-state index is -3.48. The van der Waals surface area contributed by atoms with Gasteiger partial charge in [-0.05, 0) is 29.7 Å². The SMILES string of the molecule is NC(=O)c1cc2cccc(NC(=O)c3ccsc3)c2n([C@@H]2C=CS(=O)(=O)C2)c1=O. The number of aromatic nitrogens is 1. The number of rotatable bonds is 4. The Morgan fingerprint density at radius 1 is 1.24 bits per heavy atom. The number of fused-ring (bicyclic) bond motifs is 1. The first kappa shape index (κ1) is 19.1. The molecule has 1 atom stereocenters. The molecule has 1 aliphatic rings. The quantitative estimate of drug-likeness (QED) is 0.655. The summed E-state index contributed by atoms with van der Waals surface area (Å²) in [6.45, 7) is 0. The molecule has 3 aromatic rings. The van der Waals surface area contributed by atoms with E-state index in [-0.39, 0.29) is 17.2 Å². The van der Waals surface area contributed by atoms with Crippen LogP contribution in [0.2, 0.25) is 0 Å². The van der Waals surface area contributed by atoms with Gasteiger partial charge in [0.25, 0.3) is 17.4 Å². The van der Waals surface area contributed by atoms with Crippen molar-refractivity contribution in [2.45, 2.75) is 6.04 Å². The number of sulfone groups is 1. The van der Waals surface area contributed by atoms with Gasteiger partial charge >= 0.3 is 0 Å². The lowest BCUT2D eigenvalue weighted by molar-refractivity contribution is 0.0995. The van der Waals surface area contributed by atoms with Crippen LogP contribution in [-0.4, -0.2) is 30.6 Å². The van der Waals surface area contributed by atoms with Crippen molar-refractivity contribution < 1.29 is 18.0 Å². The fourth-order valence-corrected chi connectivity index (χ4v) is 5.20. The van der Waals surface area contributed by atoms with Crippen molar-refractivity contribution in [3.05, 3.63) is 74.1 Å². The first-order chi connectivity index (χ1) is 13.8. The van der Waals surface area contributed by atoms with Gasteiger partial charge in [0, 0.05) is 16.2 Å². The van der Waals surface area contributed by atoms with E-state index in [0.29, 0.717) is 22.2 Å². The van der Waals surface area contributed by atoms with Crippen molar-refractivity contribution in [3.63, 3.8) is 0 Å². The molecular weight excluding hydrogens is 414 g/mol. The maximum Gasteiger partial charge on any atom is 0.264 e. The molecule has 10 heteroatoms. The fourth-order valence-electron chi connectivity index (χ4n) is 3.30. The van der Waals surface area contributed by atoms with E-state index in [1.165, 1.54) is 28.0 Å². The Bertz CT molecular complexity index is 1340. The van der Waals surface area contributed by atoms with Crippen LogP contribution in [0.15, 0.2) is 57.4 Å². The molecular formula is C19H15N3O5S2. The van der Waals surface area contributed by atoms with Crippen molar-refractivity contribution in [2.24, 2.45) is 5.73 Å². The van der Waals surface area contributed by atoms with Gasteiger partial charge in [-0.3, -0.25) is 19.0 Å². The van der Waals surface area contributed by atoms with Gasteiger partial charge in [0.05, 0.1) is 28.6 Å². The zero-order valence-corrected chi connectivity index (χ0v) is 16.5. The van der Waals surface area contributed by atoms with Crippen molar-refractivity contribution in [1.29, 1.82) is 0 Å². The molecule has 4 rings (SSSR count). The molecule has 2 amide bonds. The van der Waals surface area contributed by atoms with Gasteiger partial charge < -0.3 is 11.1 Å². The fraction of sp³-hybridized carbons (Fsp3) is 0.105. The molecule has 0 radical (unpaired) electrons. The van der Waals surface area contributed by atoms with E-state index >= 15 is 0 Å². The zero-order chi connectivity index (χ0) is 20.8. The van der Waals surface area contributed by atoms with E-state index in [9.17, 15) is 22.8 Å². The van der Waals surface area contributed by atoms with Crippen LogP contribution in [0.1, 0.15) is 26.8 Å². The summed E-state index contributed by atoms with van der Waals surface area (Å²) < 4.78 is 25.1. The third-order valence-electron chi connectivity index (χ3n) is 4.60. The van der Waals surface area contributed by atoms with Gasteiger partial charge in [-0.2, -0.15) is 11.3 Å². The Hall–Kier alpha value is -3.24. The van der Waals surface area contributed by atoms with Crippen molar-refractivity contribution >= 4 is 49.6 Å². The van der Waals surface area contributed by atoms with Crippen LogP contribution in [0.4, 0.5) is 5.69 Å². The van der Waals surface area contributed by atoms with E-state index in [0.717, 1.165) is 5.41 Å². The number of para-hydroxylation sites is 1. The second kappa shape index (κ2) is 6.98. The number of thiophene rings is 1. The minimum Gasteiger partial charge on any atom is -0.365 e. The molecule has 3 heterocycles. The molecule has 0 saturated carbocycles. The second-order valence-corrected chi connectivity index (χ2v) is 9.24. The average Bonchev–Trinajstić information content (AvgIpc) is 3.31. The summed E-state index contributed by atoms with van der Waals surface area (Å²) in [6.07, 6.45) is 1.39. The summed E-state index contributed by atoms with van der Waals surface area (Å²) >= 11 is 1.37. The van der Waals surface area contributed by atoms with E-state index in [1.54, 1.807) is 35.0 Å². The topological polar surface area (TPSA) is 128 Å². The van der Waals surface area contributed by atoms with E-state index in [2.05, 4.69) is 5.32 Å².